The van der Waals surface area contributed by atoms with Crippen LogP contribution in [-0.2, 0) is 0 Å². The molecule has 0 amide bonds. The van der Waals surface area contributed by atoms with Crippen LogP contribution in [0.2, 0.25) is 0 Å². The summed E-state index contributed by atoms with van der Waals surface area (Å²) in [6.07, 6.45) is 2.44. The van der Waals surface area contributed by atoms with E-state index in [1.807, 2.05) is 0 Å². The molecule has 2 heteroatoms. The van der Waals surface area contributed by atoms with E-state index in [9.17, 15) is 0 Å². The van der Waals surface area contributed by atoms with Gasteiger partial charge in [-0.05, 0) is 35.6 Å². The molecule has 0 fully saturated rings. The minimum Gasteiger partial charge on any atom is -0.316 e. The molecule has 0 radical (unpaired) electrons. The maximum Gasteiger partial charge on any atom is 0.224 e. The van der Waals surface area contributed by atoms with E-state index in [-0.39, 0.29) is 0 Å². The first-order valence-electron chi connectivity index (χ1n) is 9.18. The average molecular weight is 346 g/mol. The normalized spacial score (nSPS) is 11.6. The zero-order chi connectivity index (χ0) is 17.5. The zero-order valence-electron chi connectivity index (χ0n) is 15.2. The van der Waals surface area contributed by atoms with Crippen molar-refractivity contribution in [2.45, 2.75) is 19.8 Å². The third-order valence-electron chi connectivity index (χ3n) is 4.99. The van der Waals surface area contributed by atoms with E-state index in [4.69, 9.17) is 0 Å². The molecule has 1 nitrogen and oxygen atoms in total. The first-order valence-corrected chi connectivity index (χ1v) is 11.1. The Morgan fingerprint density at radius 3 is 1.32 bits per heavy atom. The van der Waals surface area contributed by atoms with Crippen LogP contribution in [0.4, 0.5) is 0 Å². The Morgan fingerprint density at radius 2 is 1.00 bits per heavy atom. The average Bonchev–Trinajstić information content (AvgIpc) is 2.69. The molecule has 3 rings (SSSR count). The third kappa shape index (κ3) is 3.46. The SMILES string of the molecule is CCCCN(C)[Si](c1ccccc1)(c1ccccc1)c1ccccc1. The van der Waals surface area contributed by atoms with Crippen LogP contribution >= 0.6 is 0 Å². The van der Waals surface area contributed by atoms with Crippen LogP contribution < -0.4 is 15.6 Å². The van der Waals surface area contributed by atoms with Crippen LogP contribution in [0.15, 0.2) is 91.0 Å². The van der Waals surface area contributed by atoms with E-state index in [1.165, 1.54) is 28.4 Å². The number of rotatable bonds is 7. The molecule has 0 atom stereocenters. The fourth-order valence-electron chi connectivity index (χ4n) is 3.76. The molecule has 0 saturated carbocycles. The second kappa shape index (κ2) is 8.28. The topological polar surface area (TPSA) is 3.24 Å². The van der Waals surface area contributed by atoms with Crippen LogP contribution in [0.5, 0.6) is 0 Å². The minimum atomic E-state index is -2.23. The zero-order valence-corrected chi connectivity index (χ0v) is 16.2. The highest BCUT2D eigenvalue weighted by Crippen LogP contribution is 2.13. The number of hydrogen-bond donors (Lipinski definition) is 0. The second-order valence-corrected chi connectivity index (χ2v) is 10.5. The molecule has 0 spiro atoms. The number of nitrogens with zero attached hydrogens (tertiary/aromatic N) is 1. The molecule has 0 aliphatic carbocycles. The Bertz CT molecular complexity index is 659. The van der Waals surface area contributed by atoms with Gasteiger partial charge in [0.2, 0.25) is 8.24 Å². The van der Waals surface area contributed by atoms with Crippen LogP contribution in [0.25, 0.3) is 0 Å². The van der Waals surface area contributed by atoms with E-state index < -0.39 is 8.24 Å². The van der Waals surface area contributed by atoms with Crippen LogP contribution in [0.1, 0.15) is 19.8 Å². The smallest absolute Gasteiger partial charge is 0.224 e. The fourth-order valence-corrected chi connectivity index (χ4v) is 8.60. The molecular weight excluding hydrogens is 318 g/mol. The molecule has 25 heavy (non-hydrogen) atoms. The van der Waals surface area contributed by atoms with Gasteiger partial charge in [-0.2, -0.15) is 0 Å². The van der Waals surface area contributed by atoms with Gasteiger partial charge in [-0.25, -0.2) is 0 Å². The van der Waals surface area contributed by atoms with Gasteiger partial charge in [0.1, 0.15) is 0 Å². The van der Waals surface area contributed by atoms with E-state index >= 15 is 0 Å². The number of benzene rings is 3. The second-order valence-electron chi connectivity index (χ2n) is 6.58. The highest BCUT2D eigenvalue weighted by atomic mass is 28.3. The van der Waals surface area contributed by atoms with Gasteiger partial charge >= 0.3 is 0 Å². The molecule has 0 unspecified atom stereocenters. The van der Waals surface area contributed by atoms with Gasteiger partial charge in [0.15, 0.2) is 0 Å². The van der Waals surface area contributed by atoms with Gasteiger partial charge in [0.25, 0.3) is 0 Å². The lowest BCUT2D eigenvalue weighted by atomic mass is 10.3. The molecule has 128 valence electrons. The first kappa shape index (κ1) is 17.7. The van der Waals surface area contributed by atoms with E-state index in [0.717, 1.165) is 6.54 Å². The largest absolute Gasteiger partial charge is 0.316 e. The predicted molar refractivity (Wildman–Crippen MR) is 112 cm³/mol. The van der Waals surface area contributed by atoms with Gasteiger partial charge in [0, 0.05) is 0 Å². The number of unbranched alkanes of at least 4 members (excludes halogenated alkanes) is 1. The summed E-state index contributed by atoms with van der Waals surface area (Å²) in [7, 11) is 0.0832. The van der Waals surface area contributed by atoms with Gasteiger partial charge in [0.05, 0.1) is 0 Å². The molecule has 0 aliphatic rings. The first-order chi connectivity index (χ1) is 12.3. The van der Waals surface area contributed by atoms with Crippen molar-refractivity contribution in [2.75, 3.05) is 13.6 Å². The Morgan fingerprint density at radius 1 is 0.640 bits per heavy atom. The van der Waals surface area contributed by atoms with Gasteiger partial charge in [-0.15, -0.1) is 0 Å². The minimum absolute atomic E-state index is 1.11. The molecule has 0 heterocycles. The summed E-state index contributed by atoms with van der Waals surface area (Å²) in [6, 6.07) is 33.3. The summed E-state index contributed by atoms with van der Waals surface area (Å²) >= 11 is 0. The Kier molecular flexibility index (Phi) is 5.85. The van der Waals surface area contributed by atoms with Crippen molar-refractivity contribution in [3.63, 3.8) is 0 Å². The van der Waals surface area contributed by atoms with Crippen molar-refractivity contribution in [1.82, 2.24) is 4.57 Å². The molecule has 0 N–H and O–H groups in total. The summed E-state index contributed by atoms with van der Waals surface area (Å²) in [6.45, 7) is 3.38. The summed E-state index contributed by atoms with van der Waals surface area (Å²) in [5.74, 6) is 0. The lowest BCUT2D eigenvalue weighted by Gasteiger charge is -2.41. The van der Waals surface area contributed by atoms with Gasteiger partial charge in [-0.3, -0.25) is 0 Å². The van der Waals surface area contributed by atoms with Crippen LogP contribution in [0, 0.1) is 0 Å². The van der Waals surface area contributed by atoms with Crippen LogP contribution in [0.3, 0.4) is 0 Å². The lowest BCUT2D eigenvalue weighted by molar-refractivity contribution is 0.499. The number of hydrogen-bond acceptors (Lipinski definition) is 1. The summed E-state index contributed by atoms with van der Waals surface area (Å²) in [4.78, 5) is 0. The highest BCUT2D eigenvalue weighted by Gasteiger charge is 2.43. The molecule has 3 aromatic carbocycles. The summed E-state index contributed by atoms with van der Waals surface area (Å²) in [5.41, 5.74) is 0. The monoisotopic (exact) mass is 345 g/mol. The summed E-state index contributed by atoms with van der Waals surface area (Å²) in [5, 5.41) is 4.35. The van der Waals surface area contributed by atoms with Crippen molar-refractivity contribution in [3.05, 3.63) is 91.0 Å². The van der Waals surface area contributed by atoms with E-state index in [0.29, 0.717) is 0 Å². The Labute approximate surface area is 153 Å². The Balaban J connectivity index is 2.28. The molecular formula is C23H27NSi. The van der Waals surface area contributed by atoms with E-state index in [2.05, 4.69) is 110 Å². The Hall–Kier alpha value is -2.16. The summed E-state index contributed by atoms with van der Waals surface area (Å²) < 4.78 is 2.65. The van der Waals surface area contributed by atoms with Crippen molar-refractivity contribution in [2.24, 2.45) is 0 Å². The fraction of sp³-hybridized carbons (Fsp3) is 0.217. The van der Waals surface area contributed by atoms with Crippen molar-refractivity contribution >= 4 is 23.8 Å². The molecule has 0 bridgehead atoms. The standard InChI is InChI=1S/C23H27NSi/c1-3-4-20-24(2)25(21-14-8-5-9-15-21,22-16-10-6-11-17-22)23-18-12-7-13-19-23/h5-19H,3-4,20H2,1-2H3. The molecule has 0 aliphatic heterocycles. The third-order valence-corrected chi connectivity index (χ3v) is 9.87. The maximum absolute atomic E-state index is 2.65. The quantitative estimate of drug-likeness (QED) is 0.469. The van der Waals surface area contributed by atoms with E-state index in [1.54, 1.807) is 0 Å². The lowest BCUT2D eigenvalue weighted by Crippen LogP contribution is -2.76. The van der Waals surface area contributed by atoms with Gasteiger partial charge in [-0.1, -0.05) is 104 Å². The highest BCUT2D eigenvalue weighted by molar-refractivity contribution is 7.09. The molecule has 0 saturated heterocycles. The molecule has 3 aromatic rings. The van der Waals surface area contributed by atoms with Crippen molar-refractivity contribution < 1.29 is 0 Å². The maximum atomic E-state index is 2.65. The molecule has 0 aromatic heterocycles. The van der Waals surface area contributed by atoms with Gasteiger partial charge < -0.3 is 4.57 Å². The van der Waals surface area contributed by atoms with Crippen molar-refractivity contribution in [3.8, 4) is 0 Å². The predicted octanol–water partition coefficient (Wildman–Crippen LogP) is 3.39. The van der Waals surface area contributed by atoms with Crippen LogP contribution in [-0.4, -0.2) is 26.4 Å². The van der Waals surface area contributed by atoms with Crippen molar-refractivity contribution in [1.29, 1.82) is 0 Å².